The number of nitrogens with zero attached hydrogens (tertiary/aromatic N) is 4. The minimum absolute atomic E-state index is 0. The van der Waals surface area contributed by atoms with Gasteiger partial charge in [0.15, 0.2) is 0 Å². The fraction of sp³-hybridized carbons (Fsp3) is 0.106. The smallest absolute Gasteiger partial charge is 0.268 e. The molecule has 0 radical (unpaired) electrons. The van der Waals surface area contributed by atoms with Crippen molar-refractivity contribution in [3.8, 4) is 95.5 Å². The van der Waals surface area contributed by atoms with Gasteiger partial charge in [-0.2, -0.15) is 17.6 Å². The van der Waals surface area contributed by atoms with Gasteiger partial charge in [0.2, 0.25) is 6.71 Å². The zero-order chi connectivity index (χ0) is 68.3. The van der Waals surface area contributed by atoms with Gasteiger partial charge in [0.05, 0.1) is 16.7 Å². The molecule has 5 nitrogen and oxygen atoms in total. The van der Waals surface area contributed by atoms with E-state index in [1.165, 1.54) is 49.9 Å². The van der Waals surface area contributed by atoms with Crippen LogP contribution in [-0.4, -0.2) is 20.8 Å². The first-order valence-corrected chi connectivity index (χ1v) is 34.6. The molecular formula is C94H75BN4OPt-2. The standard InChI is InChI=1S/C94H75BN4O.Pt/c1-61-45-63(3)91(64(4)46-61)95(92-65(5)47-62(2)48-66(92)6)78-56-79(58-81(57-78)100-80-41-42-85-84-35-22-23-38-86(84)99(89(85)59-80)90-55-77(43-44-96-90)94(7,8)9)97-60-98(88-40-25-24-39-87(88)97)93-82(75-51-71(67-27-14-10-15-28-67)49-72(52-75)68-29-16-11-17-30-68)36-26-37-83(93)76-53-73(69-31-18-12-19-32-69)50-74(54-76)70-33-20-13-21-34-70;/h10-57H,1-9H3;/q-2;. The third-order valence-electron chi connectivity index (χ3n) is 19.8. The van der Waals surface area contributed by atoms with Crippen LogP contribution in [0.1, 0.15) is 59.7 Å². The Hall–Kier alpha value is -11.2. The molecule has 0 bridgehead atoms. The SMILES string of the molecule is Cc1cc(C)c(B(c2cc(Oc3[c-]c4c(cc3)c3ccccc3n4-c3cc(C(C)(C)C)ccn3)[c-]c(-n3[c-][n+](-c4c(-c5cc(-c6ccccc6)cc(-c6ccccc6)c5)cccc4-c4cc(-c5ccccc5)cc(-c5ccccc5)c4)c4ccccc43)c2)c2c(C)cc(C)cc2C)c(C)c1.[Pt]. The summed E-state index contributed by atoms with van der Waals surface area (Å²) in [5.74, 6) is 1.93. The van der Waals surface area contributed by atoms with E-state index in [0.29, 0.717) is 11.5 Å². The molecule has 0 atom stereocenters. The van der Waals surface area contributed by atoms with Gasteiger partial charge >= 0.3 is 0 Å². The first-order valence-electron chi connectivity index (χ1n) is 34.6. The van der Waals surface area contributed by atoms with E-state index >= 15 is 0 Å². The van der Waals surface area contributed by atoms with Gasteiger partial charge < -0.3 is 13.9 Å². The van der Waals surface area contributed by atoms with Gasteiger partial charge in [-0.3, -0.25) is 4.57 Å². The Morgan fingerprint density at radius 3 is 1.38 bits per heavy atom. The molecule has 0 saturated carbocycles. The monoisotopic (exact) mass is 1480 g/mol. The molecule has 0 N–H and O–H groups in total. The van der Waals surface area contributed by atoms with Gasteiger partial charge in [-0.05, 0) is 185 Å². The van der Waals surface area contributed by atoms with Gasteiger partial charge in [-0.25, -0.2) is 4.98 Å². The van der Waals surface area contributed by atoms with Crippen LogP contribution in [0.4, 0.5) is 0 Å². The van der Waals surface area contributed by atoms with Gasteiger partial charge in [-0.1, -0.05) is 277 Å². The number of hydrogen-bond acceptors (Lipinski definition) is 2. The van der Waals surface area contributed by atoms with Gasteiger partial charge in [0.1, 0.15) is 5.82 Å². The predicted molar refractivity (Wildman–Crippen MR) is 417 cm³/mol. The molecule has 0 amide bonds. The maximum absolute atomic E-state index is 7.40. The van der Waals surface area contributed by atoms with E-state index in [9.17, 15) is 0 Å². The van der Waals surface area contributed by atoms with Crippen molar-refractivity contribution in [1.82, 2.24) is 14.1 Å². The average molecular weight is 1480 g/mol. The number of aromatic nitrogens is 4. The number of pyridine rings is 1. The van der Waals surface area contributed by atoms with Crippen LogP contribution < -0.4 is 25.7 Å². The van der Waals surface area contributed by atoms with Crippen molar-refractivity contribution in [2.45, 2.75) is 67.7 Å². The van der Waals surface area contributed by atoms with E-state index in [4.69, 9.17) is 9.72 Å². The van der Waals surface area contributed by atoms with Crippen LogP contribution in [0.5, 0.6) is 11.5 Å². The Morgan fingerprint density at radius 1 is 0.406 bits per heavy atom. The van der Waals surface area contributed by atoms with Gasteiger partial charge in [-0.15, -0.1) is 29.7 Å². The molecule has 0 spiro atoms. The van der Waals surface area contributed by atoms with E-state index < -0.39 is 0 Å². The molecular weight excluding hydrogens is 1410 g/mol. The first kappa shape index (κ1) is 65.8. The minimum Gasteiger partial charge on any atom is -0.510 e. The Balaban J connectivity index is 0.00000827. The van der Waals surface area contributed by atoms with Crippen molar-refractivity contribution in [3.05, 3.63) is 349 Å². The molecule has 0 aliphatic carbocycles. The maximum atomic E-state index is 7.40. The number of ether oxygens (including phenoxy) is 1. The number of benzene rings is 13. The van der Waals surface area contributed by atoms with Crippen molar-refractivity contribution in [1.29, 1.82) is 0 Å². The number of fused-ring (bicyclic) bond motifs is 4. The molecule has 0 fully saturated rings. The second kappa shape index (κ2) is 27.2. The third kappa shape index (κ3) is 12.7. The number of imidazole rings is 1. The fourth-order valence-corrected chi connectivity index (χ4v) is 15.4. The normalized spacial score (nSPS) is 11.5. The molecule has 16 aromatic rings. The number of hydrogen-bond donors (Lipinski definition) is 0. The number of rotatable bonds is 14. The number of para-hydroxylation sites is 4. The zero-order valence-corrected chi connectivity index (χ0v) is 60.6. The van der Waals surface area contributed by atoms with E-state index in [1.54, 1.807) is 0 Å². The van der Waals surface area contributed by atoms with Crippen molar-refractivity contribution in [2.24, 2.45) is 0 Å². The Kier molecular flexibility index (Phi) is 17.7. The molecule has 0 saturated heterocycles. The second-order valence-electron chi connectivity index (χ2n) is 27.9. The van der Waals surface area contributed by atoms with E-state index in [1.807, 2.05) is 12.3 Å². The molecule has 492 valence electrons. The zero-order valence-electron chi connectivity index (χ0n) is 58.3. The molecule has 7 heteroatoms. The summed E-state index contributed by atoms with van der Waals surface area (Å²) in [6.45, 7) is 20.0. The van der Waals surface area contributed by atoms with Crippen LogP contribution in [0.15, 0.2) is 291 Å². The molecule has 3 aromatic heterocycles. The molecule has 0 aliphatic heterocycles. The molecule has 3 heterocycles. The summed E-state index contributed by atoms with van der Waals surface area (Å²) in [6.07, 6.45) is 6.06. The first-order chi connectivity index (χ1) is 48.6. The van der Waals surface area contributed by atoms with Crippen LogP contribution >= 0.6 is 0 Å². The van der Waals surface area contributed by atoms with E-state index in [2.05, 4.69) is 374 Å². The summed E-state index contributed by atoms with van der Waals surface area (Å²) in [5.41, 5.74) is 30.9. The van der Waals surface area contributed by atoms with Crippen molar-refractivity contribution < 1.29 is 30.4 Å². The second-order valence-corrected chi connectivity index (χ2v) is 27.9. The van der Waals surface area contributed by atoms with Gasteiger partial charge in [0.25, 0.3) is 6.33 Å². The molecule has 101 heavy (non-hydrogen) atoms. The summed E-state index contributed by atoms with van der Waals surface area (Å²) >= 11 is 0. The van der Waals surface area contributed by atoms with E-state index in [-0.39, 0.29) is 33.2 Å². The predicted octanol–water partition coefficient (Wildman–Crippen LogP) is 21.3. The van der Waals surface area contributed by atoms with Crippen molar-refractivity contribution >= 4 is 55.9 Å². The van der Waals surface area contributed by atoms with Crippen LogP contribution in [0, 0.1) is 60.0 Å². The van der Waals surface area contributed by atoms with Crippen LogP contribution in [-0.2, 0) is 26.5 Å². The summed E-state index contributed by atoms with van der Waals surface area (Å²) in [4.78, 5) is 5.03. The van der Waals surface area contributed by atoms with Crippen LogP contribution in [0.3, 0.4) is 0 Å². The molecule has 0 aliphatic rings. The minimum atomic E-state index is -0.209. The molecule has 16 rings (SSSR count). The Labute approximate surface area is 608 Å². The summed E-state index contributed by atoms with van der Waals surface area (Å²) in [6, 6.07) is 111. The summed E-state index contributed by atoms with van der Waals surface area (Å²) in [7, 11) is 0. The van der Waals surface area contributed by atoms with Crippen LogP contribution in [0.2, 0.25) is 0 Å². The summed E-state index contributed by atoms with van der Waals surface area (Å²) in [5, 5.41) is 2.17. The third-order valence-corrected chi connectivity index (χ3v) is 19.8. The average Bonchev–Trinajstić information content (AvgIpc) is 1.69. The quantitative estimate of drug-likeness (QED) is 0.0618. The Morgan fingerprint density at radius 2 is 0.871 bits per heavy atom. The van der Waals surface area contributed by atoms with Gasteiger partial charge in [0, 0.05) is 44.3 Å². The summed E-state index contributed by atoms with van der Waals surface area (Å²) < 4.78 is 14.1. The van der Waals surface area contributed by atoms with Crippen molar-refractivity contribution in [3.63, 3.8) is 0 Å². The maximum Gasteiger partial charge on any atom is 0.268 e. The molecule has 13 aromatic carbocycles. The topological polar surface area (TPSA) is 35.9 Å². The van der Waals surface area contributed by atoms with Crippen molar-refractivity contribution in [2.75, 3.05) is 0 Å². The van der Waals surface area contributed by atoms with Crippen LogP contribution in [0.25, 0.3) is 117 Å². The fourth-order valence-electron chi connectivity index (χ4n) is 15.4. The number of aryl methyl sites for hydroxylation is 6. The Bertz CT molecular complexity index is 5450. The molecule has 0 unspecified atom stereocenters. The largest absolute Gasteiger partial charge is 0.510 e. The van der Waals surface area contributed by atoms with E-state index in [0.717, 1.165) is 122 Å².